The van der Waals surface area contributed by atoms with Crippen molar-refractivity contribution in [1.29, 1.82) is 0 Å². The van der Waals surface area contributed by atoms with Gasteiger partial charge in [0.25, 0.3) is 5.91 Å². The van der Waals surface area contributed by atoms with E-state index < -0.39 is 0 Å². The van der Waals surface area contributed by atoms with Crippen LogP contribution in [0.5, 0.6) is 0 Å². The summed E-state index contributed by atoms with van der Waals surface area (Å²) >= 11 is 0. The van der Waals surface area contributed by atoms with Gasteiger partial charge in [-0.3, -0.25) is 9.48 Å². The summed E-state index contributed by atoms with van der Waals surface area (Å²) in [6.07, 6.45) is 9.63. The molecule has 1 atom stereocenters. The van der Waals surface area contributed by atoms with Crippen molar-refractivity contribution in [2.45, 2.75) is 70.5 Å². The third kappa shape index (κ3) is 4.72. The van der Waals surface area contributed by atoms with Crippen LogP contribution in [0.3, 0.4) is 0 Å². The molecule has 5 heteroatoms. The van der Waals surface area contributed by atoms with Crippen LogP contribution in [-0.4, -0.2) is 40.7 Å². The predicted octanol–water partition coefficient (Wildman–Crippen LogP) is 3.81. The summed E-state index contributed by atoms with van der Waals surface area (Å²) in [6.45, 7) is 1.85. The first kappa shape index (κ1) is 20.1. The number of nitrogens with one attached hydrogen (secondary N) is 1. The number of fused-ring (bicyclic) bond motifs is 1. The summed E-state index contributed by atoms with van der Waals surface area (Å²) in [5.41, 5.74) is 4.46. The third-order valence-electron chi connectivity index (χ3n) is 6.55. The second kappa shape index (κ2) is 9.12. The van der Waals surface area contributed by atoms with Gasteiger partial charge in [-0.1, -0.05) is 49.6 Å². The number of hydrogen-bond acceptors (Lipinski definition) is 3. The highest BCUT2D eigenvalue weighted by atomic mass is 16.2. The van der Waals surface area contributed by atoms with Crippen LogP contribution in [0.15, 0.2) is 30.3 Å². The zero-order chi connectivity index (χ0) is 20.2. The molecule has 1 aromatic heterocycles. The lowest BCUT2D eigenvalue weighted by molar-refractivity contribution is 0.0819. The minimum Gasteiger partial charge on any atom is -0.343 e. The molecule has 0 bridgehead atoms. The van der Waals surface area contributed by atoms with Crippen molar-refractivity contribution >= 4 is 5.91 Å². The zero-order valence-electron chi connectivity index (χ0n) is 17.9. The average Bonchev–Trinajstić information content (AvgIpc) is 3.10. The molecule has 156 valence electrons. The molecule has 1 unspecified atom stereocenters. The first-order chi connectivity index (χ1) is 14.1. The molecule has 2 aliphatic carbocycles. The van der Waals surface area contributed by atoms with E-state index in [1.54, 1.807) is 4.90 Å². The van der Waals surface area contributed by atoms with Crippen LogP contribution in [0.2, 0.25) is 0 Å². The number of benzene rings is 1. The maximum atomic E-state index is 12.8. The molecular formula is C24H34N4O. The van der Waals surface area contributed by atoms with Gasteiger partial charge in [0.2, 0.25) is 0 Å². The van der Waals surface area contributed by atoms with Crippen molar-refractivity contribution in [2.24, 2.45) is 5.92 Å². The fourth-order valence-corrected chi connectivity index (χ4v) is 4.87. The van der Waals surface area contributed by atoms with Gasteiger partial charge in [-0.25, -0.2) is 0 Å². The number of carbonyl (C=O) groups excluding carboxylic acids is 1. The SMILES string of the molecule is CN(C)C(=O)c1nn(CC2CCCCC2)c2c1CC(NCc1ccccc1)CC2. The molecule has 1 aromatic carbocycles. The molecule has 0 saturated heterocycles. The van der Waals surface area contributed by atoms with E-state index in [4.69, 9.17) is 5.10 Å². The minimum atomic E-state index is 0.0346. The van der Waals surface area contributed by atoms with Crippen LogP contribution in [0.4, 0.5) is 0 Å². The van der Waals surface area contributed by atoms with Crippen LogP contribution in [0.25, 0.3) is 0 Å². The number of rotatable bonds is 6. The largest absolute Gasteiger partial charge is 0.343 e. The lowest BCUT2D eigenvalue weighted by Gasteiger charge is -2.26. The molecule has 2 aromatic rings. The molecule has 1 N–H and O–H groups in total. The fourth-order valence-electron chi connectivity index (χ4n) is 4.87. The first-order valence-electron chi connectivity index (χ1n) is 11.2. The van der Waals surface area contributed by atoms with E-state index in [-0.39, 0.29) is 5.91 Å². The Hall–Kier alpha value is -2.14. The summed E-state index contributed by atoms with van der Waals surface area (Å²) in [5.74, 6) is 0.747. The van der Waals surface area contributed by atoms with Gasteiger partial charge in [0, 0.05) is 44.5 Å². The second-order valence-corrected chi connectivity index (χ2v) is 8.97. The summed E-state index contributed by atoms with van der Waals surface area (Å²) in [4.78, 5) is 14.5. The summed E-state index contributed by atoms with van der Waals surface area (Å²) in [5, 5.41) is 8.56. The lowest BCUT2D eigenvalue weighted by atomic mass is 9.88. The Kier molecular flexibility index (Phi) is 6.34. The quantitative estimate of drug-likeness (QED) is 0.810. The van der Waals surface area contributed by atoms with Gasteiger partial charge >= 0.3 is 0 Å². The molecule has 0 spiro atoms. The van der Waals surface area contributed by atoms with Crippen molar-refractivity contribution in [3.63, 3.8) is 0 Å². The smallest absolute Gasteiger partial charge is 0.274 e. The zero-order valence-corrected chi connectivity index (χ0v) is 17.9. The van der Waals surface area contributed by atoms with Gasteiger partial charge in [-0.15, -0.1) is 0 Å². The van der Waals surface area contributed by atoms with Crippen LogP contribution in [-0.2, 0) is 25.9 Å². The molecule has 2 aliphatic rings. The van der Waals surface area contributed by atoms with Gasteiger partial charge in [0.1, 0.15) is 0 Å². The van der Waals surface area contributed by atoms with Crippen molar-refractivity contribution in [3.05, 3.63) is 52.8 Å². The highest BCUT2D eigenvalue weighted by molar-refractivity contribution is 5.93. The standard InChI is InChI=1S/C24H34N4O/c1-27(2)24(29)23-21-15-20(25-16-18-9-5-3-6-10-18)13-14-22(21)28(26-23)17-19-11-7-4-8-12-19/h3,5-6,9-10,19-20,25H,4,7-8,11-17H2,1-2H3. The van der Waals surface area contributed by atoms with Crippen molar-refractivity contribution in [1.82, 2.24) is 20.0 Å². The lowest BCUT2D eigenvalue weighted by Crippen LogP contribution is -2.35. The second-order valence-electron chi connectivity index (χ2n) is 8.97. The Balaban J connectivity index is 1.51. The van der Waals surface area contributed by atoms with E-state index in [2.05, 4.69) is 40.3 Å². The number of amides is 1. The van der Waals surface area contributed by atoms with Gasteiger partial charge in [-0.05, 0) is 43.6 Å². The van der Waals surface area contributed by atoms with E-state index >= 15 is 0 Å². The normalized spacial score (nSPS) is 19.7. The van der Waals surface area contributed by atoms with Gasteiger partial charge in [-0.2, -0.15) is 5.10 Å². The molecule has 0 aliphatic heterocycles. The Morgan fingerprint density at radius 3 is 2.62 bits per heavy atom. The summed E-state index contributed by atoms with van der Waals surface area (Å²) < 4.78 is 2.19. The van der Waals surface area contributed by atoms with Crippen LogP contribution in [0, 0.1) is 5.92 Å². The molecule has 1 amide bonds. The van der Waals surface area contributed by atoms with Crippen molar-refractivity contribution in [3.8, 4) is 0 Å². The number of aromatic nitrogens is 2. The topological polar surface area (TPSA) is 50.2 Å². The Morgan fingerprint density at radius 1 is 1.14 bits per heavy atom. The summed E-state index contributed by atoms with van der Waals surface area (Å²) in [6, 6.07) is 10.9. The van der Waals surface area contributed by atoms with Crippen LogP contribution < -0.4 is 5.32 Å². The number of carbonyl (C=O) groups is 1. The highest BCUT2D eigenvalue weighted by Gasteiger charge is 2.30. The van der Waals surface area contributed by atoms with Gasteiger partial charge in [0.15, 0.2) is 5.69 Å². The molecular weight excluding hydrogens is 360 g/mol. The maximum Gasteiger partial charge on any atom is 0.274 e. The maximum absolute atomic E-state index is 12.8. The van der Waals surface area contributed by atoms with Crippen LogP contribution >= 0.6 is 0 Å². The van der Waals surface area contributed by atoms with E-state index in [1.807, 2.05) is 14.1 Å². The number of hydrogen-bond donors (Lipinski definition) is 1. The molecule has 1 saturated carbocycles. The number of nitrogens with zero attached hydrogens (tertiary/aromatic N) is 3. The molecule has 1 fully saturated rings. The first-order valence-corrected chi connectivity index (χ1v) is 11.2. The molecule has 29 heavy (non-hydrogen) atoms. The average molecular weight is 395 g/mol. The summed E-state index contributed by atoms with van der Waals surface area (Å²) in [7, 11) is 3.64. The van der Waals surface area contributed by atoms with Gasteiger partial charge in [0.05, 0.1) is 0 Å². The molecule has 0 radical (unpaired) electrons. The molecule has 5 nitrogen and oxygen atoms in total. The Labute approximate surface area is 174 Å². The van der Waals surface area contributed by atoms with E-state index in [0.29, 0.717) is 17.7 Å². The monoisotopic (exact) mass is 394 g/mol. The third-order valence-corrected chi connectivity index (χ3v) is 6.55. The van der Waals surface area contributed by atoms with Crippen molar-refractivity contribution < 1.29 is 4.79 Å². The molecule has 1 heterocycles. The van der Waals surface area contributed by atoms with Gasteiger partial charge < -0.3 is 10.2 Å². The molecule has 4 rings (SSSR count). The predicted molar refractivity (Wildman–Crippen MR) is 116 cm³/mol. The highest BCUT2D eigenvalue weighted by Crippen LogP contribution is 2.30. The van der Waals surface area contributed by atoms with Crippen LogP contribution in [0.1, 0.15) is 65.8 Å². The Bertz CT molecular complexity index is 821. The minimum absolute atomic E-state index is 0.0346. The van der Waals surface area contributed by atoms with E-state index in [0.717, 1.165) is 32.4 Å². The fraction of sp³-hybridized carbons (Fsp3) is 0.583. The van der Waals surface area contributed by atoms with E-state index in [9.17, 15) is 4.79 Å². The van der Waals surface area contributed by atoms with Crippen molar-refractivity contribution in [2.75, 3.05) is 14.1 Å². The Morgan fingerprint density at radius 2 is 1.90 bits per heavy atom. The van der Waals surface area contributed by atoms with E-state index in [1.165, 1.54) is 48.9 Å².